The van der Waals surface area contributed by atoms with Crippen LogP contribution >= 0.6 is 0 Å². The van der Waals surface area contributed by atoms with Crippen LogP contribution in [0, 0.1) is 12.3 Å². The molecule has 0 spiro atoms. The number of carbonyl (C=O) groups excluding carboxylic acids is 1. The molecule has 0 aliphatic carbocycles. The average molecular weight is 278 g/mol. The lowest BCUT2D eigenvalue weighted by Gasteiger charge is -2.26. The molecule has 0 heterocycles. The SMILES string of the molecule is Cc1ccc(OC(C)CNC(=O)[C@@H](N)C(C)(C)C)cc1. The van der Waals surface area contributed by atoms with Crippen molar-refractivity contribution in [1.82, 2.24) is 5.32 Å². The van der Waals surface area contributed by atoms with Gasteiger partial charge in [-0.15, -0.1) is 0 Å². The maximum absolute atomic E-state index is 11.9. The molecule has 0 aliphatic rings. The molecule has 0 radical (unpaired) electrons. The molecular weight excluding hydrogens is 252 g/mol. The van der Waals surface area contributed by atoms with Gasteiger partial charge in [-0.2, -0.15) is 0 Å². The fourth-order valence-corrected chi connectivity index (χ4v) is 1.64. The van der Waals surface area contributed by atoms with E-state index in [4.69, 9.17) is 10.5 Å². The van der Waals surface area contributed by atoms with Gasteiger partial charge in [0.1, 0.15) is 11.9 Å². The molecule has 4 heteroatoms. The standard InChI is InChI=1S/C16H26N2O2/c1-11-6-8-13(9-7-11)20-12(2)10-18-15(19)14(17)16(3,4)5/h6-9,12,14H,10,17H2,1-5H3,(H,18,19)/t12?,14-/m1/s1. The maximum atomic E-state index is 11.9. The molecule has 1 rings (SSSR count). The van der Waals surface area contributed by atoms with E-state index in [-0.39, 0.29) is 17.4 Å². The van der Waals surface area contributed by atoms with Gasteiger partial charge >= 0.3 is 0 Å². The zero-order chi connectivity index (χ0) is 15.3. The minimum Gasteiger partial charge on any atom is -0.489 e. The Morgan fingerprint density at radius 2 is 1.85 bits per heavy atom. The van der Waals surface area contributed by atoms with Crippen LogP contribution in [0.3, 0.4) is 0 Å². The number of aryl methyl sites for hydroxylation is 1. The summed E-state index contributed by atoms with van der Waals surface area (Å²) >= 11 is 0. The largest absolute Gasteiger partial charge is 0.489 e. The molecule has 1 amide bonds. The predicted molar refractivity (Wildman–Crippen MR) is 81.7 cm³/mol. The van der Waals surface area contributed by atoms with Gasteiger partial charge in [0.05, 0.1) is 12.6 Å². The van der Waals surface area contributed by atoms with Crippen LogP contribution in [0.2, 0.25) is 0 Å². The molecule has 0 saturated carbocycles. The van der Waals surface area contributed by atoms with Crippen molar-refractivity contribution in [2.24, 2.45) is 11.1 Å². The molecule has 1 unspecified atom stereocenters. The molecule has 0 aliphatic heterocycles. The van der Waals surface area contributed by atoms with Gasteiger partial charge in [-0.05, 0) is 31.4 Å². The van der Waals surface area contributed by atoms with Crippen LogP contribution in [0.25, 0.3) is 0 Å². The van der Waals surface area contributed by atoms with Crippen LogP contribution in [-0.2, 0) is 4.79 Å². The van der Waals surface area contributed by atoms with Crippen molar-refractivity contribution in [1.29, 1.82) is 0 Å². The van der Waals surface area contributed by atoms with E-state index in [2.05, 4.69) is 5.32 Å². The Morgan fingerprint density at radius 1 is 1.30 bits per heavy atom. The summed E-state index contributed by atoms with van der Waals surface area (Å²) in [5, 5.41) is 2.83. The summed E-state index contributed by atoms with van der Waals surface area (Å²) in [5.41, 5.74) is 6.84. The smallest absolute Gasteiger partial charge is 0.237 e. The van der Waals surface area contributed by atoms with Crippen LogP contribution in [0.1, 0.15) is 33.3 Å². The highest BCUT2D eigenvalue weighted by Crippen LogP contribution is 2.17. The molecule has 112 valence electrons. The zero-order valence-corrected chi connectivity index (χ0v) is 13.1. The lowest BCUT2D eigenvalue weighted by molar-refractivity contribution is -0.124. The molecular formula is C16H26N2O2. The van der Waals surface area contributed by atoms with Crippen LogP contribution in [-0.4, -0.2) is 24.6 Å². The normalized spacial score (nSPS) is 14.5. The summed E-state index contributed by atoms with van der Waals surface area (Å²) < 4.78 is 5.73. The Labute approximate surface area is 121 Å². The third-order valence-corrected chi connectivity index (χ3v) is 3.14. The van der Waals surface area contributed by atoms with Gasteiger partial charge in [0.15, 0.2) is 0 Å². The van der Waals surface area contributed by atoms with E-state index in [1.54, 1.807) is 0 Å². The Morgan fingerprint density at radius 3 is 2.35 bits per heavy atom. The molecule has 20 heavy (non-hydrogen) atoms. The molecule has 0 fully saturated rings. The maximum Gasteiger partial charge on any atom is 0.237 e. The molecule has 0 bridgehead atoms. The molecule has 4 nitrogen and oxygen atoms in total. The Kier molecular flexibility index (Phi) is 5.57. The fourth-order valence-electron chi connectivity index (χ4n) is 1.64. The first-order valence-corrected chi connectivity index (χ1v) is 6.97. The molecule has 1 aromatic carbocycles. The summed E-state index contributed by atoms with van der Waals surface area (Å²) in [5.74, 6) is 0.661. The number of ether oxygens (including phenoxy) is 1. The van der Waals surface area contributed by atoms with Crippen molar-refractivity contribution < 1.29 is 9.53 Å². The number of hydrogen-bond acceptors (Lipinski definition) is 3. The summed E-state index contributed by atoms with van der Waals surface area (Å²) in [4.78, 5) is 11.9. The molecule has 3 N–H and O–H groups in total. The van der Waals surface area contributed by atoms with E-state index in [0.29, 0.717) is 6.54 Å². The van der Waals surface area contributed by atoms with E-state index in [9.17, 15) is 4.79 Å². The van der Waals surface area contributed by atoms with Crippen LogP contribution in [0.4, 0.5) is 0 Å². The average Bonchev–Trinajstić information content (AvgIpc) is 2.36. The summed E-state index contributed by atoms with van der Waals surface area (Å²) in [6.07, 6.45) is -0.103. The van der Waals surface area contributed by atoms with Crippen LogP contribution in [0.5, 0.6) is 5.75 Å². The number of amides is 1. The molecule has 0 aromatic heterocycles. The van der Waals surface area contributed by atoms with Crippen molar-refractivity contribution in [3.05, 3.63) is 29.8 Å². The third-order valence-electron chi connectivity index (χ3n) is 3.14. The lowest BCUT2D eigenvalue weighted by Crippen LogP contribution is -2.50. The lowest BCUT2D eigenvalue weighted by atomic mass is 9.87. The predicted octanol–water partition coefficient (Wildman–Crippen LogP) is 2.25. The van der Waals surface area contributed by atoms with Gasteiger partial charge in [-0.3, -0.25) is 4.79 Å². The summed E-state index contributed by atoms with van der Waals surface area (Å²) in [6.45, 7) is 10.2. The number of benzene rings is 1. The van der Waals surface area contributed by atoms with E-state index in [1.165, 1.54) is 5.56 Å². The van der Waals surface area contributed by atoms with E-state index < -0.39 is 6.04 Å². The number of nitrogens with two attached hydrogens (primary N) is 1. The van der Waals surface area contributed by atoms with Gasteiger partial charge in [-0.25, -0.2) is 0 Å². The number of nitrogens with one attached hydrogen (secondary N) is 1. The zero-order valence-electron chi connectivity index (χ0n) is 13.1. The number of carbonyl (C=O) groups is 1. The van der Waals surface area contributed by atoms with Gasteiger partial charge in [0.25, 0.3) is 0 Å². The minimum absolute atomic E-state index is 0.103. The van der Waals surface area contributed by atoms with E-state index in [1.807, 2.05) is 58.9 Å². The number of rotatable bonds is 5. The van der Waals surface area contributed by atoms with Crippen molar-refractivity contribution in [2.75, 3.05) is 6.54 Å². The van der Waals surface area contributed by atoms with Crippen molar-refractivity contribution in [3.8, 4) is 5.75 Å². The first-order valence-electron chi connectivity index (χ1n) is 6.97. The minimum atomic E-state index is -0.519. The Balaban J connectivity index is 2.42. The summed E-state index contributed by atoms with van der Waals surface area (Å²) in [7, 11) is 0. The van der Waals surface area contributed by atoms with E-state index >= 15 is 0 Å². The fraction of sp³-hybridized carbons (Fsp3) is 0.562. The Bertz CT molecular complexity index is 435. The molecule has 2 atom stereocenters. The van der Waals surface area contributed by atoms with Crippen LogP contribution < -0.4 is 15.8 Å². The van der Waals surface area contributed by atoms with Crippen molar-refractivity contribution in [3.63, 3.8) is 0 Å². The second kappa shape index (κ2) is 6.75. The quantitative estimate of drug-likeness (QED) is 0.868. The van der Waals surface area contributed by atoms with Crippen molar-refractivity contribution in [2.45, 2.75) is 46.8 Å². The second-order valence-electron chi connectivity index (χ2n) is 6.33. The van der Waals surface area contributed by atoms with Gasteiger partial charge in [0.2, 0.25) is 5.91 Å². The monoisotopic (exact) mass is 278 g/mol. The highest BCUT2D eigenvalue weighted by molar-refractivity contribution is 5.82. The first kappa shape index (κ1) is 16.5. The highest BCUT2D eigenvalue weighted by Gasteiger charge is 2.27. The topological polar surface area (TPSA) is 64.3 Å². The van der Waals surface area contributed by atoms with Gasteiger partial charge in [0, 0.05) is 0 Å². The molecule has 1 aromatic rings. The van der Waals surface area contributed by atoms with Gasteiger partial charge in [-0.1, -0.05) is 38.5 Å². The number of hydrogen-bond donors (Lipinski definition) is 2. The highest BCUT2D eigenvalue weighted by atomic mass is 16.5. The first-order chi connectivity index (χ1) is 9.20. The van der Waals surface area contributed by atoms with Crippen LogP contribution in [0.15, 0.2) is 24.3 Å². The van der Waals surface area contributed by atoms with E-state index in [0.717, 1.165) is 5.75 Å². The third kappa shape index (κ3) is 5.21. The van der Waals surface area contributed by atoms with Crippen molar-refractivity contribution >= 4 is 5.91 Å². The molecule has 0 saturated heterocycles. The second-order valence-corrected chi connectivity index (χ2v) is 6.33. The van der Waals surface area contributed by atoms with Gasteiger partial charge < -0.3 is 15.8 Å². The Hall–Kier alpha value is -1.55. The summed E-state index contributed by atoms with van der Waals surface area (Å²) in [6, 6.07) is 7.32.